The molecule has 0 aromatic carbocycles. The molecule has 1 saturated carbocycles. The Labute approximate surface area is 123 Å². The zero-order chi connectivity index (χ0) is 14.2. The Morgan fingerprint density at radius 2 is 2.10 bits per heavy atom. The number of nitrogens with one attached hydrogen (secondary N) is 1. The van der Waals surface area contributed by atoms with Crippen LogP contribution in [0.2, 0.25) is 0 Å². The van der Waals surface area contributed by atoms with Crippen molar-refractivity contribution in [1.29, 1.82) is 0 Å². The van der Waals surface area contributed by atoms with Crippen LogP contribution in [0.15, 0.2) is 12.4 Å². The Bertz CT molecular complexity index is 368. The molecule has 0 aliphatic heterocycles. The predicted octanol–water partition coefficient (Wildman–Crippen LogP) is 2.21. The number of rotatable bonds is 8. The van der Waals surface area contributed by atoms with E-state index >= 15 is 0 Å². The monoisotopic (exact) mass is 278 g/mol. The van der Waals surface area contributed by atoms with Gasteiger partial charge < -0.3 is 10.2 Å². The fourth-order valence-corrected chi connectivity index (χ4v) is 3.12. The molecule has 1 fully saturated rings. The summed E-state index contributed by atoms with van der Waals surface area (Å²) in [5, 5.41) is 7.73. The van der Waals surface area contributed by atoms with Gasteiger partial charge in [-0.2, -0.15) is 5.10 Å². The minimum atomic E-state index is 0.846. The summed E-state index contributed by atoms with van der Waals surface area (Å²) in [6, 6.07) is 0.846. The van der Waals surface area contributed by atoms with Crippen LogP contribution in [0.25, 0.3) is 0 Å². The van der Waals surface area contributed by atoms with Gasteiger partial charge in [-0.05, 0) is 57.9 Å². The number of aryl methyl sites for hydroxylation is 1. The maximum Gasteiger partial charge on any atom is 0.0522 e. The summed E-state index contributed by atoms with van der Waals surface area (Å²) in [6.45, 7) is 3.40. The van der Waals surface area contributed by atoms with E-state index in [-0.39, 0.29) is 0 Å². The highest BCUT2D eigenvalue weighted by atomic mass is 15.2. The Hall–Kier alpha value is -0.870. The Morgan fingerprint density at radius 3 is 2.80 bits per heavy atom. The third kappa shape index (κ3) is 5.25. The van der Waals surface area contributed by atoms with E-state index in [0.717, 1.165) is 25.6 Å². The van der Waals surface area contributed by atoms with Crippen molar-refractivity contribution in [3.05, 3.63) is 18.0 Å². The van der Waals surface area contributed by atoms with E-state index in [0.29, 0.717) is 0 Å². The first-order chi connectivity index (χ1) is 9.75. The van der Waals surface area contributed by atoms with Gasteiger partial charge in [0.05, 0.1) is 6.20 Å². The molecule has 0 spiro atoms. The Balaban J connectivity index is 1.48. The molecule has 20 heavy (non-hydrogen) atoms. The molecular formula is C16H30N4. The molecule has 114 valence electrons. The smallest absolute Gasteiger partial charge is 0.0522 e. The lowest BCUT2D eigenvalue weighted by atomic mass is 9.94. The normalized spacial score (nSPS) is 16.9. The van der Waals surface area contributed by atoms with E-state index in [2.05, 4.69) is 28.6 Å². The van der Waals surface area contributed by atoms with Crippen LogP contribution in [-0.2, 0) is 13.5 Å². The minimum absolute atomic E-state index is 0.846. The maximum absolute atomic E-state index is 4.19. The highest BCUT2D eigenvalue weighted by molar-refractivity contribution is 5.03. The molecular weight excluding hydrogens is 248 g/mol. The molecule has 4 nitrogen and oxygen atoms in total. The van der Waals surface area contributed by atoms with Gasteiger partial charge in [-0.15, -0.1) is 0 Å². The lowest BCUT2D eigenvalue weighted by molar-refractivity contribution is 0.189. The first-order valence-electron chi connectivity index (χ1n) is 8.14. The van der Waals surface area contributed by atoms with E-state index in [4.69, 9.17) is 0 Å². The average molecular weight is 278 g/mol. The molecule has 2 rings (SSSR count). The molecule has 1 N–H and O–H groups in total. The molecule has 1 heterocycles. The molecule has 1 aliphatic rings. The van der Waals surface area contributed by atoms with E-state index < -0.39 is 0 Å². The first kappa shape index (κ1) is 15.5. The average Bonchev–Trinajstić information content (AvgIpc) is 2.89. The van der Waals surface area contributed by atoms with E-state index in [9.17, 15) is 0 Å². The van der Waals surface area contributed by atoms with Crippen molar-refractivity contribution >= 4 is 0 Å². The third-order valence-corrected chi connectivity index (χ3v) is 4.41. The van der Waals surface area contributed by atoms with Gasteiger partial charge >= 0.3 is 0 Å². The van der Waals surface area contributed by atoms with Gasteiger partial charge in [0.25, 0.3) is 0 Å². The van der Waals surface area contributed by atoms with Crippen molar-refractivity contribution in [2.24, 2.45) is 7.05 Å². The number of nitrogens with zero attached hydrogens (tertiary/aromatic N) is 3. The van der Waals surface area contributed by atoms with Crippen molar-refractivity contribution in [2.45, 2.75) is 51.0 Å². The quantitative estimate of drug-likeness (QED) is 0.740. The molecule has 4 heteroatoms. The second kappa shape index (κ2) is 8.42. The van der Waals surface area contributed by atoms with E-state index in [1.165, 1.54) is 50.6 Å². The molecule has 1 aliphatic carbocycles. The standard InChI is InChI=1S/C16H30N4/c1-19(16-7-4-3-5-8-16)12-6-10-17-11-9-15-13-18-20(2)14-15/h13-14,16-17H,3-12H2,1-2H3. The van der Waals surface area contributed by atoms with Crippen molar-refractivity contribution in [2.75, 3.05) is 26.7 Å². The van der Waals surface area contributed by atoms with E-state index in [1.54, 1.807) is 0 Å². The third-order valence-electron chi connectivity index (χ3n) is 4.41. The zero-order valence-corrected chi connectivity index (χ0v) is 13.1. The summed E-state index contributed by atoms with van der Waals surface area (Å²) in [6.07, 6.45) is 13.5. The summed E-state index contributed by atoms with van der Waals surface area (Å²) < 4.78 is 1.87. The van der Waals surface area contributed by atoms with Gasteiger partial charge in [-0.1, -0.05) is 19.3 Å². The van der Waals surface area contributed by atoms with E-state index in [1.807, 2.05) is 17.9 Å². The Morgan fingerprint density at radius 1 is 1.30 bits per heavy atom. The van der Waals surface area contributed by atoms with Crippen molar-refractivity contribution < 1.29 is 0 Å². The number of aromatic nitrogens is 2. The fraction of sp³-hybridized carbons (Fsp3) is 0.812. The molecule has 0 atom stereocenters. The van der Waals surface area contributed by atoms with Gasteiger partial charge in [-0.25, -0.2) is 0 Å². The first-order valence-corrected chi connectivity index (χ1v) is 8.14. The molecule has 0 unspecified atom stereocenters. The van der Waals surface area contributed by atoms with Crippen LogP contribution in [-0.4, -0.2) is 47.4 Å². The van der Waals surface area contributed by atoms with Gasteiger partial charge in [0, 0.05) is 19.3 Å². The van der Waals surface area contributed by atoms with Crippen molar-refractivity contribution in [3.63, 3.8) is 0 Å². The fourth-order valence-electron chi connectivity index (χ4n) is 3.12. The van der Waals surface area contributed by atoms with Crippen LogP contribution >= 0.6 is 0 Å². The van der Waals surface area contributed by atoms with Gasteiger partial charge in [0.15, 0.2) is 0 Å². The van der Waals surface area contributed by atoms with Crippen LogP contribution < -0.4 is 5.32 Å². The van der Waals surface area contributed by atoms with Crippen LogP contribution in [0.1, 0.15) is 44.1 Å². The summed E-state index contributed by atoms with van der Waals surface area (Å²) in [7, 11) is 4.27. The summed E-state index contributed by atoms with van der Waals surface area (Å²) >= 11 is 0. The van der Waals surface area contributed by atoms with Crippen LogP contribution in [0, 0.1) is 0 Å². The molecule has 1 aromatic heterocycles. The minimum Gasteiger partial charge on any atom is -0.316 e. The van der Waals surface area contributed by atoms with Crippen molar-refractivity contribution in [3.8, 4) is 0 Å². The SMILES string of the molecule is CN(CCCNCCc1cnn(C)c1)C1CCCCC1. The maximum atomic E-state index is 4.19. The summed E-state index contributed by atoms with van der Waals surface area (Å²) in [5.74, 6) is 0. The predicted molar refractivity (Wildman–Crippen MR) is 83.9 cm³/mol. The molecule has 0 radical (unpaired) electrons. The second-order valence-electron chi connectivity index (χ2n) is 6.15. The molecule has 0 amide bonds. The topological polar surface area (TPSA) is 33.1 Å². The van der Waals surface area contributed by atoms with Crippen LogP contribution in [0.3, 0.4) is 0 Å². The lowest BCUT2D eigenvalue weighted by Crippen LogP contribution is -2.35. The summed E-state index contributed by atoms with van der Waals surface area (Å²) in [4.78, 5) is 2.57. The Kier molecular flexibility index (Phi) is 6.54. The summed E-state index contributed by atoms with van der Waals surface area (Å²) in [5.41, 5.74) is 1.32. The lowest BCUT2D eigenvalue weighted by Gasteiger charge is -2.31. The van der Waals surface area contributed by atoms with Crippen LogP contribution in [0.4, 0.5) is 0 Å². The highest BCUT2D eigenvalue weighted by Crippen LogP contribution is 2.21. The van der Waals surface area contributed by atoms with Crippen molar-refractivity contribution in [1.82, 2.24) is 20.0 Å². The van der Waals surface area contributed by atoms with Crippen LogP contribution in [0.5, 0.6) is 0 Å². The number of hydrogen-bond donors (Lipinski definition) is 1. The largest absolute Gasteiger partial charge is 0.316 e. The molecule has 1 aromatic rings. The second-order valence-corrected chi connectivity index (χ2v) is 6.15. The van der Waals surface area contributed by atoms with Gasteiger partial charge in [-0.3, -0.25) is 4.68 Å². The van der Waals surface area contributed by atoms with Gasteiger partial charge in [0.2, 0.25) is 0 Å². The molecule has 0 saturated heterocycles. The zero-order valence-electron chi connectivity index (χ0n) is 13.1. The van der Waals surface area contributed by atoms with Gasteiger partial charge in [0.1, 0.15) is 0 Å². The number of hydrogen-bond acceptors (Lipinski definition) is 3. The molecule has 0 bridgehead atoms. The highest BCUT2D eigenvalue weighted by Gasteiger charge is 2.16.